The van der Waals surface area contributed by atoms with Gasteiger partial charge in [0.1, 0.15) is 10.9 Å². The molecule has 0 aliphatic heterocycles. The zero-order valence-corrected chi connectivity index (χ0v) is 16.2. The number of alkyl halides is 3. The molecule has 0 aliphatic rings. The maximum absolute atomic E-state index is 13.3. The summed E-state index contributed by atoms with van der Waals surface area (Å²) >= 11 is 0. The van der Waals surface area contributed by atoms with Crippen LogP contribution in [0, 0.1) is 24.4 Å². The highest BCUT2D eigenvalue weighted by molar-refractivity contribution is 7.89. The third-order valence-corrected chi connectivity index (χ3v) is 5.55. The first-order valence-corrected chi connectivity index (χ1v) is 9.57. The van der Waals surface area contributed by atoms with Crippen LogP contribution < -0.4 is 15.8 Å². The number of carbonyl (C=O) groups is 1. The third kappa shape index (κ3) is 5.02. The van der Waals surface area contributed by atoms with Crippen molar-refractivity contribution in [3.8, 4) is 0 Å². The molecule has 0 fully saturated rings. The molecular weight excluding hydrogens is 440 g/mol. The molecule has 2 aromatic rings. The van der Waals surface area contributed by atoms with Gasteiger partial charge in [0.05, 0.1) is 5.69 Å². The first kappa shape index (κ1) is 23.5. The van der Waals surface area contributed by atoms with Gasteiger partial charge in [0, 0.05) is 23.4 Å². The number of benzene rings is 2. The predicted molar refractivity (Wildman–Crippen MR) is 95.7 cm³/mol. The van der Waals surface area contributed by atoms with Gasteiger partial charge < -0.3 is 11.1 Å². The average Bonchev–Trinajstić information content (AvgIpc) is 2.57. The van der Waals surface area contributed by atoms with E-state index in [0.717, 1.165) is 12.1 Å². The second-order valence-electron chi connectivity index (χ2n) is 6.30. The Balaban J connectivity index is 2.42. The van der Waals surface area contributed by atoms with Crippen LogP contribution in [0.15, 0.2) is 29.2 Å². The Bertz CT molecular complexity index is 1080. The standard InChI is InChI=1S/C17H15F6N3O3S/c1-7-3-13(24)14(30(28,29)26-8(2)17(21,22)23)6-10(7)16(27)25-9-4-11(18)15(20)12(19)5-9/h3-6,8,26H,24H2,1-2H3,(H,25,27). The van der Waals surface area contributed by atoms with Crippen LogP contribution in [0.2, 0.25) is 0 Å². The molecule has 0 heterocycles. The molecule has 0 aromatic heterocycles. The maximum atomic E-state index is 13.3. The highest BCUT2D eigenvalue weighted by Gasteiger charge is 2.39. The monoisotopic (exact) mass is 455 g/mol. The van der Waals surface area contributed by atoms with Crippen LogP contribution in [-0.4, -0.2) is 26.5 Å². The number of hydrogen-bond donors (Lipinski definition) is 3. The summed E-state index contributed by atoms with van der Waals surface area (Å²) in [6.45, 7) is 1.92. The van der Waals surface area contributed by atoms with Crippen molar-refractivity contribution in [1.29, 1.82) is 0 Å². The maximum Gasteiger partial charge on any atom is 0.404 e. The Morgan fingerprint density at radius 2 is 1.60 bits per heavy atom. The Labute approximate surface area is 167 Å². The van der Waals surface area contributed by atoms with Crippen molar-refractivity contribution >= 4 is 27.3 Å². The van der Waals surface area contributed by atoms with E-state index in [0.29, 0.717) is 19.1 Å². The summed E-state index contributed by atoms with van der Waals surface area (Å²) in [6, 6.07) is 0.306. The first-order valence-electron chi connectivity index (χ1n) is 8.08. The van der Waals surface area contributed by atoms with Crippen LogP contribution in [0.25, 0.3) is 0 Å². The summed E-state index contributed by atoms with van der Waals surface area (Å²) in [7, 11) is -4.78. The van der Waals surface area contributed by atoms with Gasteiger partial charge in [-0.3, -0.25) is 4.79 Å². The summed E-state index contributed by atoms with van der Waals surface area (Å²) < 4.78 is 104. The molecular formula is C17H15F6N3O3S. The fraction of sp³-hybridized carbons (Fsp3) is 0.235. The van der Waals surface area contributed by atoms with E-state index >= 15 is 0 Å². The summed E-state index contributed by atoms with van der Waals surface area (Å²) in [5, 5.41) is 2.05. The number of nitrogens with two attached hydrogens (primary N) is 1. The molecule has 0 aliphatic carbocycles. The van der Waals surface area contributed by atoms with Crippen molar-refractivity contribution in [2.75, 3.05) is 11.1 Å². The highest BCUT2D eigenvalue weighted by atomic mass is 32.2. The lowest BCUT2D eigenvalue weighted by Crippen LogP contribution is -2.43. The SMILES string of the molecule is Cc1cc(N)c(S(=O)(=O)NC(C)C(F)(F)F)cc1C(=O)Nc1cc(F)c(F)c(F)c1. The zero-order valence-electron chi connectivity index (χ0n) is 15.4. The van der Waals surface area contributed by atoms with Gasteiger partial charge in [0.25, 0.3) is 5.91 Å². The largest absolute Gasteiger partial charge is 0.404 e. The smallest absolute Gasteiger partial charge is 0.398 e. The molecule has 0 saturated heterocycles. The molecule has 2 aromatic carbocycles. The predicted octanol–water partition coefficient (Wildman–Crippen LogP) is 3.48. The number of carbonyl (C=O) groups excluding carboxylic acids is 1. The van der Waals surface area contributed by atoms with Gasteiger partial charge in [-0.1, -0.05) is 0 Å². The fourth-order valence-corrected chi connectivity index (χ4v) is 3.75. The Kier molecular flexibility index (Phi) is 6.37. The quantitative estimate of drug-likeness (QED) is 0.365. The van der Waals surface area contributed by atoms with Gasteiger partial charge in [0.15, 0.2) is 17.5 Å². The third-order valence-electron chi connectivity index (χ3n) is 3.96. The summed E-state index contributed by atoms with van der Waals surface area (Å²) in [5.41, 5.74) is 4.47. The van der Waals surface area contributed by atoms with Crippen LogP contribution in [0.1, 0.15) is 22.8 Å². The number of halogens is 6. The Morgan fingerprint density at radius 1 is 1.07 bits per heavy atom. The van der Waals surface area contributed by atoms with Crippen LogP contribution >= 0.6 is 0 Å². The van der Waals surface area contributed by atoms with Gasteiger partial charge in [-0.25, -0.2) is 21.6 Å². The molecule has 0 bridgehead atoms. The van der Waals surface area contributed by atoms with E-state index < -0.39 is 61.9 Å². The van der Waals surface area contributed by atoms with Gasteiger partial charge in [-0.2, -0.15) is 17.9 Å². The second kappa shape index (κ2) is 8.14. The molecule has 164 valence electrons. The molecule has 1 amide bonds. The second-order valence-corrected chi connectivity index (χ2v) is 7.98. The first-order chi connectivity index (χ1) is 13.6. The minimum atomic E-state index is -4.87. The van der Waals surface area contributed by atoms with E-state index in [1.807, 2.05) is 5.32 Å². The molecule has 2 rings (SSSR count). The Hall–Kier alpha value is -2.80. The molecule has 30 heavy (non-hydrogen) atoms. The van der Waals surface area contributed by atoms with Crippen LogP contribution in [0.3, 0.4) is 0 Å². The number of rotatable bonds is 5. The van der Waals surface area contributed by atoms with E-state index in [9.17, 15) is 39.6 Å². The topological polar surface area (TPSA) is 101 Å². The normalized spacial score (nSPS) is 13.2. The number of sulfonamides is 1. The van der Waals surface area contributed by atoms with Crippen molar-refractivity contribution in [3.63, 3.8) is 0 Å². The van der Waals surface area contributed by atoms with Gasteiger partial charge in [-0.15, -0.1) is 0 Å². The van der Waals surface area contributed by atoms with Gasteiger partial charge >= 0.3 is 6.18 Å². The van der Waals surface area contributed by atoms with Crippen molar-refractivity contribution < 1.29 is 39.6 Å². The van der Waals surface area contributed by atoms with E-state index in [1.165, 1.54) is 11.6 Å². The fourth-order valence-electron chi connectivity index (χ4n) is 2.38. The number of anilines is 2. The van der Waals surface area contributed by atoms with Gasteiger partial charge in [0.2, 0.25) is 10.0 Å². The minimum absolute atomic E-state index is 0.121. The molecule has 6 nitrogen and oxygen atoms in total. The highest BCUT2D eigenvalue weighted by Crippen LogP contribution is 2.27. The molecule has 0 saturated carbocycles. The molecule has 13 heteroatoms. The average molecular weight is 455 g/mol. The molecule has 0 spiro atoms. The number of aryl methyl sites for hydroxylation is 1. The zero-order chi connectivity index (χ0) is 23.0. The van der Waals surface area contributed by atoms with Crippen molar-refractivity contribution in [2.24, 2.45) is 0 Å². The van der Waals surface area contributed by atoms with Crippen LogP contribution in [-0.2, 0) is 10.0 Å². The minimum Gasteiger partial charge on any atom is -0.398 e. The van der Waals surface area contributed by atoms with Crippen molar-refractivity contribution in [1.82, 2.24) is 4.72 Å². The van der Waals surface area contributed by atoms with E-state index in [2.05, 4.69) is 0 Å². The molecule has 1 atom stereocenters. The van der Waals surface area contributed by atoms with Crippen molar-refractivity contribution in [3.05, 3.63) is 52.8 Å². The molecule has 0 radical (unpaired) electrons. The summed E-state index contributed by atoms with van der Waals surface area (Å²) in [5.74, 6) is -5.96. The van der Waals surface area contributed by atoms with E-state index in [4.69, 9.17) is 5.73 Å². The van der Waals surface area contributed by atoms with E-state index in [-0.39, 0.29) is 11.1 Å². The van der Waals surface area contributed by atoms with Crippen molar-refractivity contribution in [2.45, 2.75) is 31.0 Å². The van der Waals surface area contributed by atoms with E-state index in [1.54, 1.807) is 0 Å². The van der Waals surface area contributed by atoms with Gasteiger partial charge in [-0.05, 0) is 31.5 Å². The number of hydrogen-bond acceptors (Lipinski definition) is 4. The number of nitrogens with one attached hydrogen (secondary N) is 2. The summed E-state index contributed by atoms with van der Waals surface area (Å²) in [6.07, 6.45) is -4.87. The number of amides is 1. The Morgan fingerprint density at radius 3 is 2.10 bits per heavy atom. The molecule has 4 N–H and O–H groups in total. The lowest BCUT2D eigenvalue weighted by Gasteiger charge is -2.19. The number of nitrogen functional groups attached to an aromatic ring is 1. The lowest BCUT2D eigenvalue weighted by molar-refractivity contribution is -0.147. The lowest BCUT2D eigenvalue weighted by atomic mass is 10.1. The summed E-state index contributed by atoms with van der Waals surface area (Å²) in [4.78, 5) is 11.6. The van der Waals surface area contributed by atoms with Crippen LogP contribution in [0.4, 0.5) is 37.7 Å². The molecule has 1 unspecified atom stereocenters. The van der Waals surface area contributed by atoms with Crippen LogP contribution in [0.5, 0.6) is 0 Å².